The summed E-state index contributed by atoms with van der Waals surface area (Å²) in [5.74, 6) is 0.394. The highest BCUT2D eigenvalue weighted by Crippen LogP contribution is 2.27. The molecule has 0 saturated heterocycles. The zero-order valence-electron chi connectivity index (χ0n) is 12.0. The van der Waals surface area contributed by atoms with E-state index in [1.54, 1.807) is 12.1 Å². The molecule has 0 amide bonds. The maximum Gasteiger partial charge on any atom is 0.240 e. The number of rotatable bonds is 4. The van der Waals surface area contributed by atoms with Gasteiger partial charge in [-0.1, -0.05) is 34.8 Å². The summed E-state index contributed by atoms with van der Waals surface area (Å²) in [5, 5.41) is 0.854. The van der Waals surface area contributed by atoms with Gasteiger partial charge in [0.05, 0.1) is 4.90 Å². The van der Waals surface area contributed by atoms with Gasteiger partial charge >= 0.3 is 0 Å². The highest BCUT2D eigenvalue weighted by atomic mass is 79.9. The van der Waals surface area contributed by atoms with Crippen LogP contribution in [0.3, 0.4) is 0 Å². The molecule has 0 radical (unpaired) electrons. The molecule has 0 aliphatic heterocycles. The molecular formula is C15H22BrNO2S. The van der Waals surface area contributed by atoms with Gasteiger partial charge in [0.2, 0.25) is 10.0 Å². The van der Waals surface area contributed by atoms with Crippen LogP contribution in [-0.2, 0) is 10.0 Å². The van der Waals surface area contributed by atoms with Crippen LogP contribution in [0.25, 0.3) is 0 Å². The van der Waals surface area contributed by atoms with Crippen molar-refractivity contribution in [2.75, 3.05) is 5.33 Å². The molecule has 0 spiro atoms. The Labute approximate surface area is 130 Å². The molecule has 1 fully saturated rings. The molecule has 1 aliphatic carbocycles. The number of aryl methyl sites for hydroxylation is 2. The first-order valence-corrected chi connectivity index (χ1v) is 9.70. The van der Waals surface area contributed by atoms with Crippen LogP contribution in [0.2, 0.25) is 0 Å². The quantitative estimate of drug-likeness (QED) is 0.835. The summed E-state index contributed by atoms with van der Waals surface area (Å²) >= 11 is 3.50. The Kier molecular flexibility index (Phi) is 5.26. The molecule has 5 heteroatoms. The van der Waals surface area contributed by atoms with Gasteiger partial charge in [-0.15, -0.1) is 0 Å². The van der Waals surface area contributed by atoms with Crippen molar-refractivity contribution in [3.63, 3.8) is 0 Å². The topological polar surface area (TPSA) is 46.2 Å². The van der Waals surface area contributed by atoms with E-state index in [4.69, 9.17) is 0 Å². The van der Waals surface area contributed by atoms with Gasteiger partial charge in [-0.25, -0.2) is 13.1 Å². The predicted molar refractivity (Wildman–Crippen MR) is 85.8 cm³/mol. The van der Waals surface area contributed by atoms with E-state index in [1.807, 2.05) is 19.9 Å². The van der Waals surface area contributed by atoms with Gasteiger partial charge in [-0.3, -0.25) is 0 Å². The third kappa shape index (κ3) is 3.62. The lowest BCUT2D eigenvalue weighted by atomic mass is 9.87. The largest absolute Gasteiger partial charge is 0.240 e. The number of alkyl halides is 1. The number of halogens is 1. The summed E-state index contributed by atoms with van der Waals surface area (Å²) in [6.45, 7) is 3.93. The molecule has 1 aromatic rings. The molecule has 0 bridgehead atoms. The first-order chi connectivity index (χ1) is 9.44. The molecule has 0 heterocycles. The van der Waals surface area contributed by atoms with Crippen LogP contribution in [0.15, 0.2) is 23.1 Å². The third-order valence-corrected chi connectivity index (χ3v) is 6.52. The maximum atomic E-state index is 12.5. The normalized spacial score (nSPS) is 23.8. The van der Waals surface area contributed by atoms with Crippen molar-refractivity contribution in [1.82, 2.24) is 4.72 Å². The van der Waals surface area contributed by atoms with Gasteiger partial charge in [-0.2, -0.15) is 0 Å². The van der Waals surface area contributed by atoms with Crippen molar-refractivity contribution in [3.8, 4) is 0 Å². The highest BCUT2D eigenvalue weighted by molar-refractivity contribution is 9.09. The van der Waals surface area contributed by atoms with Crippen LogP contribution in [-0.4, -0.2) is 19.8 Å². The number of benzene rings is 1. The van der Waals surface area contributed by atoms with Gasteiger partial charge in [-0.05, 0) is 55.9 Å². The highest BCUT2D eigenvalue weighted by Gasteiger charge is 2.28. The summed E-state index contributed by atoms with van der Waals surface area (Å²) < 4.78 is 27.9. The summed E-state index contributed by atoms with van der Waals surface area (Å²) in [6.07, 6.45) is 4.31. The molecule has 0 aromatic heterocycles. The molecule has 1 aromatic carbocycles. The van der Waals surface area contributed by atoms with E-state index in [-0.39, 0.29) is 6.04 Å². The molecule has 2 atom stereocenters. The molecule has 20 heavy (non-hydrogen) atoms. The fourth-order valence-electron chi connectivity index (χ4n) is 2.70. The second kappa shape index (κ2) is 6.58. The Morgan fingerprint density at radius 2 is 1.90 bits per heavy atom. The molecule has 2 unspecified atom stereocenters. The predicted octanol–water partition coefficient (Wildman–Crippen LogP) is 3.54. The average Bonchev–Trinajstić information content (AvgIpc) is 2.42. The zero-order chi connectivity index (χ0) is 14.8. The number of nitrogens with one attached hydrogen (secondary N) is 1. The van der Waals surface area contributed by atoms with Crippen molar-refractivity contribution < 1.29 is 8.42 Å². The Morgan fingerprint density at radius 1 is 1.20 bits per heavy atom. The molecular weight excluding hydrogens is 338 g/mol. The van der Waals surface area contributed by atoms with Crippen LogP contribution in [0, 0.1) is 19.8 Å². The van der Waals surface area contributed by atoms with E-state index >= 15 is 0 Å². The molecule has 2 rings (SSSR count). The standard InChI is InChI=1S/C15H22BrNO2S/c1-11-7-8-14(9-12(11)2)20(18,19)17-15-6-4-3-5-13(15)10-16/h7-9,13,15,17H,3-6,10H2,1-2H3. The molecule has 3 nitrogen and oxygen atoms in total. The van der Waals surface area contributed by atoms with Crippen LogP contribution >= 0.6 is 15.9 Å². The number of hydrogen-bond donors (Lipinski definition) is 1. The van der Waals surface area contributed by atoms with Gasteiger partial charge < -0.3 is 0 Å². The van der Waals surface area contributed by atoms with Crippen molar-refractivity contribution >= 4 is 26.0 Å². The zero-order valence-corrected chi connectivity index (χ0v) is 14.4. The summed E-state index contributed by atoms with van der Waals surface area (Å²) in [4.78, 5) is 0.375. The monoisotopic (exact) mass is 359 g/mol. The number of hydrogen-bond acceptors (Lipinski definition) is 2. The van der Waals surface area contributed by atoms with Gasteiger partial charge in [0.15, 0.2) is 0 Å². The molecule has 1 N–H and O–H groups in total. The van der Waals surface area contributed by atoms with Crippen LogP contribution in [0.5, 0.6) is 0 Å². The minimum absolute atomic E-state index is 0.0507. The summed E-state index contributed by atoms with van der Waals surface area (Å²) in [7, 11) is -3.41. The molecule has 1 aliphatic rings. The van der Waals surface area contributed by atoms with Crippen molar-refractivity contribution in [2.24, 2.45) is 5.92 Å². The minimum atomic E-state index is -3.41. The van der Waals surface area contributed by atoms with E-state index in [1.165, 1.54) is 6.42 Å². The SMILES string of the molecule is Cc1ccc(S(=O)(=O)NC2CCCCC2CBr)cc1C. The van der Waals surface area contributed by atoms with Crippen molar-refractivity contribution in [3.05, 3.63) is 29.3 Å². The Hall–Kier alpha value is -0.390. The van der Waals surface area contributed by atoms with E-state index in [2.05, 4.69) is 20.7 Å². The third-order valence-electron chi connectivity index (χ3n) is 4.20. The van der Waals surface area contributed by atoms with E-state index < -0.39 is 10.0 Å². The van der Waals surface area contributed by atoms with Crippen LogP contribution in [0.1, 0.15) is 36.8 Å². The van der Waals surface area contributed by atoms with Crippen molar-refractivity contribution in [2.45, 2.75) is 50.5 Å². The van der Waals surface area contributed by atoms with E-state index in [0.717, 1.165) is 35.7 Å². The summed E-state index contributed by atoms with van der Waals surface area (Å²) in [6, 6.07) is 5.36. The lowest BCUT2D eigenvalue weighted by molar-refractivity contribution is 0.316. The Bertz CT molecular complexity index is 571. The van der Waals surface area contributed by atoms with Gasteiger partial charge in [0.1, 0.15) is 0 Å². The number of sulfonamides is 1. The smallest absolute Gasteiger partial charge is 0.208 e. The first kappa shape index (κ1) is 16.0. The fraction of sp³-hybridized carbons (Fsp3) is 0.600. The Morgan fingerprint density at radius 3 is 2.55 bits per heavy atom. The van der Waals surface area contributed by atoms with E-state index in [9.17, 15) is 8.42 Å². The fourth-order valence-corrected chi connectivity index (χ4v) is 4.89. The lowest BCUT2D eigenvalue weighted by Gasteiger charge is -2.30. The van der Waals surface area contributed by atoms with E-state index in [0.29, 0.717) is 10.8 Å². The van der Waals surface area contributed by atoms with Crippen LogP contribution < -0.4 is 4.72 Å². The van der Waals surface area contributed by atoms with Gasteiger partial charge in [0.25, 0.3) is 0 Å². The van der Waals surface area contributed by atoms with Gasteiger partial charge in [0, 0.05) is 11.4 Å². The second-order valence-electron chi connectivity index (χ2n) is 5.67. The van der Waals surface area contributed by atoms with Crippen LogP contribution in [0.4, 0.5) is 0 Å². The minimum Gasteiger partial charge on any atom is -0.208 e. The molecule has 1 saturated carbocycles. The maximum absolute atomic E-state index is 12.5. The average molecular weight is 360 g/mol. The second-order valence-corrected chi connectivity index (χ2v) is 8.03. The Balaban J connectivity index is 2.19. The summed E-state index contributed by atoms with van der Waals surface area (Å²) in [5.41, 5.74) is 2.12. The lowest BCUT2D eigenvalue weighted by Crippen LogP contribution is -2.42. The first-order valence-electron chi connectivity index (χ1n) is 7.09. The molecule has 112 valence electrons. The van der Waals surface area contributed by atoms with Crippen molar-refractivity contribution in [1.29, 1.82) is 0 Å².